The van der Waals surface area contributed by atoms with Gasteiger partial charge < -0.3 is 9.47 Å². The summed E-state index contributed by atoms with van der Waals surface area (Å²) >= 11 is 3.53. The average molecular weight is 424 g/mol. The second kappa shape index (κ2) is 9.14. The summed E-state index contributed by atoms with van der Waals surface area (Å²) in [5, 5.41) is 0. The molecule has 2 aromatic carbocycles. The Bertz CT molecular complexity index is 941. The molecule has 5 heteroatoms. The Morgan fingerprint density at radius 1 is 1.15 bits per heavy atom. The fraction of sp³-hybridized carbons (Fsp3) is 0.0909. The van der Waals surface area contributed by atoms with Crippen LogP contribution in [0.25, 0.3) is 6.08 Å². The highest BCUT2D eigenvalue weighted by molar-refractivity contribution is 9.10. The fourth-order valence-electron chi connectivity index (χ4n) is 2.48. The van der Waals surface area contributed by atoms with Crippen LogP contribution in [0.2, 0.25) is 0 Å². The van der Waals surface area contributed by atoms with Gasteiger partial charge in [0.05, 0.1) is 11.6 Å². The Balaban J connectivity index is 1.77. The van der Waals surface area contributed by atoms with Gasteiger partial charge in [0.2, 0.25) is 0 Å². The molecule has 0 atom stereocenters. The molecular formula is C22H18BrNO3. The molecule has 4 nitrogen and oxygen atoms in total. The number of carbonyl (C=O) groups is 1. The summed E-state index contributed by atoms with van der Waals surface area (Å²) in [5.74, 6) is 1.11. The van der Waals surface area contributed by atoms with Gasteiger partial charge in [0.25, 0.3) is 0 Å². The first-order chi connectivity index (χ1) is 13.2. The average Bonchev–Trinajstić information content (AvgIpc) is 2.72. The van der Waals surface area contributed by atoms with Gasteiger partial charge in [0, 0.05) is 18.0 Å². The maximum Gasteiger partial charge on any atom is 0.187 e. The molecule has 0 saturated heterocycles. The summed E-state index contributed by atoms with van der Waals surface area (Å²) in [5.41, 5.74) is 2.43. The van der Waals surface area contributed by atoms with Crippen LogP contribution in [0.3, 0.4) is 0 Å². The summed E-state index contributed by atoms with van der Waals surface area (Å²) in [4.78, 5) is 16.1. The molecule has 0 fully saturated rings. The van der Waals surface area contributed by atoms with Crippen LogP contribution in [0.5, 0.6) is 11.5 Å². The van der Waals surface area contributed by atoms with Crippen molar-refractivity contribution in [2.24, 2.45) is 0 Å². The van der Waals surface area contributed by atoms with Gasteiger partial charge >= 0.3 is 0 Å². The molecule has 0 aliphatic rings. The molecule has 0 saturated carbocycles. The normalized spacial score (nSPS) is 10.7. The zero-order valence-electron chi connectivity index (χ0n) is 14.8. The molecule has 0 aliphatic carbocycles. The Labute approximate surface area is 166 Å². The number of allylic oxidation sites excluding steroid dienone is 1. The third-order valence-electron chi connectivity index (χ3n) is 3.85. The number of methoxy groups -OCH3 is 1. The molecule has 27 heavy (non-hydrogen) atoms. The molecule has 3 aromatic rings. The van der Waals surface area contributed by atoms with Crippen LogP contribution in [0, 0.1) is 0 Å². The van der Waals surface area contributed by atoms with E-state index in [0.717, 1.165) is 15.6 Å². The molecule has 0 unspecified atom stereocenters. The van der Waals surface area contributed by atoms with Crippen molar-refractivity contribution in [3.63, 3.8) is 0 Å². The Morgan fingerprint density at radius 2 is 1.96 bits per heavy atom. The van der Waals surface area contributed by atoms with Crippen molar-refractivity contribution in [3.05, 3.63) is 94.2 Å². The van der Waals surface area contributed by atoms with E-state index in [0.29, 0.717) is 23.7 Å². The highest BCUT2D eigenvalue weighted by Crippen LogP contribution is 2.37. The van der Waals surface area contributed by atoms with Crippen molar-refractivity contribution >= 4 is 27.8 Å². The number of aromatic nitrogens is 1. The van der Waals surface area contributed by atoms with Crippen LogP contribution in [-0.2, 0) is 6.61 Å². The van der Waals surface area contributed by atoms with Crippen LogP contribution >= 0.6 is 15.9 Å². The van der Waals surface area contributed by atoms with Crippen LogP contribution < -0.4 is 9.47 Å². The van der Waals surface area contributed by atoms with Crippen molar-refractivity contribution in [1.82, 2.24) is 4.98 Å². The number of benzene rings is 2. The van der Waals surface area contributed by atoms with Crippen molar-refractivity contribution in [3.8, 4) is 11.5 Å². The number of ketones is 1. The monoisotopic (exact) mass is 423 g/mol. The third kappa shape index (κ3) is 5.05. The maximum atomic E-state index is 12.2. The second-order valence-electron chi connectivity index (χ2n) is 5.75. The van der Waals surface area contributed by atoms with E-state index < -0.39 is 0 Å². The van der Waals surface area contributed by atoms with Crippen LogP contribution in [0.1, 0.15) is 21.5 Å². The lowest BCUT2D eigenvalue weighted by atomic mass is 10.1. The SMILES string of the molecule is COc1cc(/C=C/C(=O)c2cccnc2)cc(Br)c1OCc1ccccc1. The van der Waals surface area contributed by atoms with Crippen molar-refractivity contribution < 1.29 is 14.3 Å². The predicted octanol–water partition coefficient (Wildman–Crippen LogP) is 5.33. The highest BCUT2D eigenvalue weighted by Gasteiger charge is 2.11. The topological polar surface area (TPSA) is 48.4 Å². The Morgan fingerprint density at radius 3 is 2.67 bits per heavy atom. The molecule has 0 amide bonds. The third-order valence-corrected chi connectivity index (χ3v) is 4.44. The summed E-state index contributed by atoms with van der Waals surface area (Å²) in [6, 6.07) is 17.1. The van der Waals surface area contributed by atoms with Gasteiger partial charge in [-0.25, -0.2) is 0 Å². The van der Waals surface area contributed by atoms with E-state index in [1.807, 2.05) is 42.5 Å². The van der Waals surface area contributed by atoms with Crippen LogP contribution in [0.4, 0.5) is 0 Å². The van der Waals surface area contributed by atoms with Crippen LogP contribution in [-0.4, -0.2) is 17.9 Å². The van der Waals surface area contributed by atoms with Crippen molar-refractivity contribution in [1.29, 1.82) is 0 Å². The molecular weight excluding hydrogens is 406 g/mol. The minimum atomic E-state index is -0.109. The highest BCUT2D eigenvalue weighted by atomic mass is 79.9. The molecule has 0 aliphatic heterocycles. The molecule has 0 spiro atoms. The number of rotatable bonds is 7. The minimum absolute atomic E-state index is 0.109. The Kier molecular flexibility index (Phi) is 6.39. The number of ether oxygens (including phenoxy) is 2. The molecule has 0 radical (unpaired) electrons. The van der Waals surface area contributed by atoms with E-state index in [1.165, 1.54) is 6.08 Å². The molecule has 3 rings (SSSR count). The van der Waals surface area contributed by atoms with Crippen molar-refractivity contribution in [2.45, 2.75) is 6.61 Å². The van der Waals surface area contributed by atoms with Gasteiger partial charge in [-0.3, -0.25) is 9.78 Å². The number of nitrogens with zero attached hydrogens (tertiary/aromatic N) is 1. The lowest BCUT2D eigenvalue weighted by Gasteiger charge is -2.13. The zero-order valence-corrected chi connectivity index (χ0v) is 16.3. The van der Waals surface area contributed by atoms with Gasteiger partial charge in [-0.15, -0.1) is 0 Å². The van der Waals surface area contributed by atoms with Gasteiger partial charge in [0.15, 0.2) is 17.3 Å². The smallest absolute Gasteiger partial charge is 0.187 e. The van der Waals surface area contributed by atoms with Gasteiger partial charge in [0.1, 0.15) is 6.61 Å². The molecule has 0 bridgehead atoms. The predicted molar refractivity (Wildman–Crippen MR) is 109 cm³/mol. The largest absolute Gasteiger partial charge is 0.493 e. The van der Waals surface area contributed by atoms with E-state index >= 15 is 0 Å². The molecule has 1 heterocycles. The zero-order chi connectivity index (χ0) is 19.1. The van der Waals surface area contributed by atoms with E-state index in [1.54, 1.807) is 37.7 Å². The number of carbonyl (C=O) groups excluding carboxylic acids is 1. The molecule has 0 N–H and O–H groups in total. The first-order valence-corrected chi connectivity index (χ1v) is 9.13. The van der Waals surface area contributed by atoms with E-state index in [2.05, 4.69) is 20.9 Å². The van der Waals surface area contributed by atoms with Gasteiger partial charge in [-0.2, -0.15) is 0 Å². The summed E-state index contributed by atoms with van der Waals surface area (Å²) in [6.45, 7) is 0.435. The quantitative estimate of drug-likeness (QED) is 0.380. The number of halogens is 1. The first-order valence-electron chi connectivity index (χ1n) is 8.34. The second-order valence-corrected chi connectivity index (χ2v) is 6.60. The Hall–Kier alpha value is -2.92. The van der Waals surface area contributed by atoms with Gasteiger partial charge in [-0.05, 0) is 57.4 Å². The van der Waals surface area contributed by atoms with Crippen molar-refractivity contribution in [2.75, 3.05) is 7.11 Å². The summed E-state index contributed by atoms with van der Waals surface area (Å²) in [7, 11) is 1.59. The van der Waals surface area contributed by atoms with E-state index in [4.69, 9.17) is 9.47 Å². The summed E-state index contributed by atoms with van der Waals surface area (Å²) < 4.78 is 12.1. The summed E-state index contributed by atoms with van der Waals surface area (Å²) in [6.07, 6.45) is 6.44. The lowest BCUT2D eigenvalue weighted by Crippen LogP contribution is -1.99. The van der Waals surface area contributed by atoms with E-state index in [-0.39, 0.29) is 5.78 Å². The van der Waals surface area contributed by atoms with Gasteiger partial charge in [-0.1, -0.05) is 36.4 Å². The number of hydrogen-bond acceptors (Lipinski definition) is 4. The van der Waals surface area contributed by atoms with E-state index in [9.17, 15) is 4.79 Å². The number of pyridine rings is 1. The number of hydrogen-bond donors (Lipinski definition) is 0. The maximum absolute atomic E-state index is 12.2. The standard InChI is InChI=1S/C22H18BrNO3/c1-26-21-13-17(9-10-20(25)18-8-5-11-24-14-18)12-19(23)22(21)27-15-16-6-3-2-4-7-16/h2-14H,15H2,1H3/b10-9+. The fourth-order valence-corrected chi connectivity index (χ4v) is 3.06. The molecule has 1 aromatic heterocycles. The molecule has 136 valence electrons. The first kappa shape index (κ1) is 18.9. The lowest BCUT2D eigenvalue weighted by molar-refractivity contribution is 0.104. The minimum Gasteiger partial charge on any atom is -0.493 e. The van der Waals surface area contributed by atoms with Crippen LogP contribution in [0.15, 0.2) is 77.5 Å².